The fraction of sp³-hybridized carbons (Fsp3) is 0.481. The summed E-state index contributed by atoms with van der Waals surface area (Å²) in [5.74, 6) is 0.455. The van der Waals surface area contributed by atoms with Crippen LogP contribution in [0.4, 0.5) is 11.6 Å². The van der Waals surface area contributed by atoms with Crippen LogP contribution in [0.3, 0.4) is 0 Å². The largest absolute Gasteiger partial charge is 0.474 e. The highest BCUT2D eigenvalue weighted by molar-refractivity contribution is 7.90. The quantitative estimate of drug-likeness (QED) is 0.282. The molecular weight excluding hydrogens is 550 g/mol. The van der Waals surface area contributed by atoms with Gasteiger partial charge >= 0.3 is 0 Å². The second kappa shape index (κ2) is 12.8. The number of rotatable bonds is 13. The van der Waals surface area contributed by atoms with E-state index in [2.05, 4.69) is 35.6 Å². The van der Waals surface area contributed by atoms with Gasteiger partial charge in [0.15, 0.2) is 5.82 Å². The zero-order valence-electron chi connectivity index (χ0n) is 23.7. The molecule has 0 saturated carbocycles. The Kier molecular flexibility index (Phi) is 9.46. The highest BCUT2D eigenvalue weighted by atomic mass is 32.2. The van der Waals surface area contributed by atoms with E-state index in [9.17, 15) is 13.2 Å². The number of sulfonamides is 1. The number of pyridine rings is 2. The minimum atomic E-state index is -4.28. The number of hydrogen-bond acceptors (Lipinski definition) is 11. The second-order valence-electron chi connectivity index (χ2n) is 10.1. The lowest BCUT2D eigenvalue weighted by Crippen LogP contribution is -2.44. The molecule has 1 aliphatic rings. The van der Waals surface area contributed by atoms with E-state index in [0.717, 1.165) is 6.42 Å². The van der Waals surface area contributed by atoms with Crippen molar-refractivity contribution in [2.45, 2.75) is 44.6 Å². The summed E-state index contributed by atoms with van der Waals surface area (Å²) >= 11 is 0. The fourth-order valence-electron chi connectivity index (χ4n) is 4.50. The predicted molar refractivity (Wildman–Crippen MR) is 153 cm³/mol. The van der Waals surface area contributed by atoms with Gasteiger partial charge in [-0.05, 0) is 57.4 Å². The van der Waals surface area contributed by atoms with E-state index >= 15 is 0 Å². The van der Waals surface area contributed by atoms with Crippen molar-refractivity contribution in [1.29, 1.82) is 0 Å². The van der Waals surface area contributed by atoms with Crippen molar-refractivity contribution in [2.75, 3.05) is 50.2 Å². The number of anilines is 2. The molecule has 0 aliphatic carbocycles. The molecule has 0 aromatic carbocycles. The van der Waals surface area contributed by atoms with Gasteiger partial charge < -0.3 is 24.8 Å². The van der Waals surface area contributed by atoms with E-state index < -0.39 is 15.9 Å². The van der Waals surface area contributed by atoms with Gasteiger partial charge in [-0.15, -0.1) is 5.10 Å². The average molecular weight is 588 g/mol. The Morgan fingerprint density at radius 3 is 2.61 bits per heavy atom. The molecule has 0 radical (unpaired) electrons. The van der Waals surface area contributed by atoms with Crippen molar-refractivity contribution in [3.8, 4) is 11.7 Å². The lowest BCUT2D eigenvalue weighted by molar-refractivity contribution is 0.0398. The molecule has 1 saturated heterocycles. The van der Waals surface area contributed by atoms with E-state index in [1.54, 1.807) is 24.4 Å². The molecule has 0 spiro atoms. The first-order valence-corrected chi connectivity index (χ1v) is 14.9. The number of nitrogen functional groups attached to an aromatic ring is 1. The summed E-state index contributed by atoms with van der Waals surface area (Å²) in [5, 5.41) is 4.45. The molecule has 0 bridgehead atoms. The fourth-order valence-corrected chi connectivity index (χ4v) is 5.55. The Bertz CT molecular complexity index is 1460. The van der Waals surface area contributed by atoms with E-state index in [0.29, 0.717) is 63.0 Å². The van der Waals surface area contributed by atoms with Crippen LogP contribution in [0.15, 0.2) is 47.6 Å². The Labute approximate surface area is 240 Å². The molecule has 41 heavy (non-hydrogen) atoms. The van der Waals surface area contributed by atoms with Gasteiger partial charge in [0.25, 0.3) is 15.9 Å². The topological polar surface area (TPSA) is 164 Å². The van der Waals surface area contributed by atoms with Crippen LogP contribution < -0.4 is 20.1 Å². The summed E-state index contributed by atoms with van der Waals surface area (Å²) in [6.07, 6.45) is 3.96. The number of carbonyl (C=O) groups is 1. The zero-order valence-corrected chi connectivity index (χ0v) is 24.6. The molecule has 14 heteroatoms. The lowest BCUT2D eigenvalue weighted by atomic mass is 9.90. The maximum Gasteiger partial charge on any atom is 0.268 e. The molecule has 4 rings (SSSR count). The van der Waals surface area contributed by atoms with E-state index in [-0.39, 0.29) is 21.8 Å². The summed E-state index contributed by atoms with van der Waals surface area (Å²) in [6, 6.07) is 7.57. The summed E-state index contributed by atoms with van der Waals surface area (Å²) < 4.78 is 46.0. The maximum atomic E-state index is 13.4. The Hall–Kier alpha value is -3.75. The molecule has 4 heterocycles. The number of ether oxygens (including phenoxy) is 3. The van der Waals surface area contributed by atoms with Gasteiger partial charge in [-0.25, -0.2) is 27.8 Å². The first-order chi connectivity index (χ1) is 19.5. The summed E-state index contributed by atoms with van der Waals surface area (Å²) in [4.78, 5) is 23.8. The molecule has 3 N–H and O–H groups in total. The third-order valence-electron chi connectivity index (χ3n) is 7.22. The Balaban J connectivity index is 1.57. The lowest BCUT2D eigenvalue weighted by Gasteiger charge is -2.36. The number of hydrogen-bond donors (Lipinski definition) is 2. The van der Waals surface area contributed by atoms with Crippen molar-refractivity contribution in [2.24, 2.45) is 5.92 Å². The normalized spacial score (nSPS) is 16.6. The minimum Gasteiger partial charge on any atom is -0.474 e. The average Bonchev–Trinajstić information content (AvgIpc) is 3.51. The van der Waals surface area contributed by atoms with Crippen molar-refractivity contribution in [3.05, 3.63) is 48.3 Å². The van der Waals surface area contributed by atoms with Gasteiger partial charge in [0.05, 0.1) is 25.4 Å². The number of nitrogens with one attached hydrogen (secondary N) is 1. The second-order valence-corrected chi connectivity index (χ2v) is 11.8. The molecule has 3 aromatic rings. The summed E-state index contributed by atoms with van der Waals surface area (Å²) in [7, 11) is -4.28. The molecule has 222 valence electrons. The number of aromatic nitrogens is 4. The molecule has 3 aromatic heterocycles. The van der Waals surface area contributed by atoms with Gasteiger partial charge in [-0.3, -0.25) is 4.79 Å². The number of nitrogens with two attached hydrogens (primary N) is 1. The van der Waals surface area contributed by atoms with Gasteiger partial charge in [0.2, 0.25) is 5.88 Å². The highest BCUT2D eigenvalue weighted by Gasteiger charge is 2.41. The number of amides is 1. The van der Waals surface area contributed by atoms with Gasteiger partial charge in [-0.1, -0.05) is 6.92 Å². The van der Waals surface area contributed by atoms with Crippen LogP contribution in [-0.4, -0.2) is 79.2 Å². The molecule has 1 aliphatic heterocycles. The van der Waals surface area contributed by atoms with Crippen LogP contribution in [0.5, 0.6) is 5.88 Å². The van der Waals surface area contributed by atoms with Crippen molar-refractivity contribution in [3.63, 3.8) is 0 Å². The predicted octanol–water partition coefficient (Wildman–Crippen LogP) is 2.42. The molecule has 1 fully saturated rings. The van der Waals surface area contributed by atoms with Crippen LogP contribution in [0.1, 0.15) is 44.5 Å². The monoisotopic (exact) mass is 587 g/mol. The molecular formula is C27H37N7O6S. The van der Waals surface area contributed by atoms with Crippen molar-refractivity contribution in [1.82, 2.24) is 24.5 Å². The standard InChI is InChI=1S/C27H37N7O6S/c1-5-38-15-16-39-17-18-40-23-11-14-34(31-23)22-9-8-20(25(30-22)33-13-10-19(2)27(33,3)4)26(35)32-41(36,37)21-7-6-12-29-24(21)28/h6-9,11-12,14,19H,5,10,13,15-18H2,1-4H3,(H2,28,29)(H,32,35). The van der Waals surface area contributed by atoms with Crippen molar-refractivity contribution >= 4 is 27.6 Å². The number of nitrogens with zero attached hydrogens (tertiary/aromatic N) is 5. The molecule has 1 atom stereocenters. The van der Waals surface area contributed by atoms with Crippen LogP contribution in [0.2, 0.25) is 0 Å². The Morgan fingerprint density at radius 2 is 1.90 bits per heavy atom. The van der Waals surface area contributed by atoms with E-state index in [1.165, 1.54) is 23.0 Å². The molecule has 1 unspecified atom stereocenters. The smallest absolute Gasteiger partial charge is 0.268 e. The van der Waals surface area contributed by atoms with Crippen LogP contribution >= 0.6 is 0 Å². The van der Waals surface area contributed by atoms with E-state index in [4.69, 9.17) is 24.9 Å². The minimum absolute atomic E-state index is 0.106. The van der Waals surface area contributed by atoms with Crippen LogP contribution in [-0.2, 0) is 19.5 Å². The highest BCUT2D eigenvalue weighted by Crippen LogP contribution is 2.39. The first kappa shape index (κ1) is 30.2. The summed E-state index contributed by atoms with van der Waals surface area (Å²) in [6.45, 7) is 11.2. The number of carbonyl (C=O) groups excluding carboxylic acids is 1. The van der Waals surface area contributed by atoms with Crippen LogP contribution in [0.25, 0.3) is 5.82 Å². The SMILES string of the molecule is CCOCCOCCOc1ccn(-c2ccc(C(=O)NS(=O)(=O)c3cccnc3N)c(N3CCC(C)C3(C)C)n2)n1. The Morgan fingerprint density at radius 1 is 1.15 bits per heavy atom. The van der Waals surface area contributed by atoms with Crippen LogP contribution in [0, 0.1) is 5.92 Å². The zero-order chi connectivity index (χ0) is 29.6. The third-order valence-corrected chi connectivity index (χ3v) is 8.60. The molecule has 13 nitrogen and oxygen atoms in total. The van der Waals surface area contributed by atoms with E-state index in [1.807, 2.05) is 11.8 Å². The van der Waals surface area contributed by atoms with Crippen molar-refractivity contribution < 1.29 is 27.4 Å². The maximum absolute atomic E-state index is 13.4. The first-order valence-electron chi connectivity index (χ1n) is 13.4. The molecule has 1 amide bonds. The summed E-state index contributed by atoms with van der Waals surface area (Å²) in [5.41, 5.74) is 5.52. The van der Waals surface area contributed by atoms with Gasteiger partial charge in [0, 0.05) is 37.2 Å². The van der Waals surface area contributed by atoms with Gasteiger partial charge in [0.1, 0.15) is 23.1 Å². The third kappa shape index (κ3) is 6.94. The van der Waals surface area contributed by atoms with Gasteiger partial charge in [-0.2, -0.15) is 0 Å².